The van der Waals surface area contributed by atoms with Gasteiger partial charge in [0.2, 0.25) is 5.91 Å². The van der Waals surface area contributed by atoms with Crippen LogP contribution >= 0.6 is 0 Å². The Labute approximate surface area is 188 Å². The van der Waals surface area contributed by atoms with Gasteiger partial charge in [0.05, 0.1) is 5.52 Å². The first-order valence-electron chi connectivity index (χ1n) is 10.8. The molecule has 0 spiro atoms. The SMILES string of the molecule is CCN(CC)CCCC(=O)Nc1cc(Nc2ccc3c(ccn3C(=O)N(C)C)c2)ncn1. The Bertz CT molecular complexity index is 1070. The van der Waals surface area contributed by atoms with Gasteiger partial charge in [-0.25, -0.2) is 14.8 Å². The van der Waals surface area contributed by atoms with Crippen molar-refractivity contribution >= 4 is 40.2 Å². The average molecular weight is 438 g/mol. The van der Waals surface area contributed by atoms with Crippen molar-refractivity contribution in [3.8, 4) is 0 Å². The van der Waals surface area contributed by atoms with Crippen LogP contribution in [-0.2, 0) is 4.79 Å². The van der Waals surface area contributed by atoms with Crippen molar-refractivity contribution in [3.63, 3.8) is 0 Å². The molecular weight excluding hydrogens is 406 g/mol. The smallest absolute Gasteiger partial charge is 0.328 e. The molecule has 0 saturated carbocycles. The fourth-order valence-electron chi connectivity index (χ4n) is 3.45. The number of anilines is 3. The third-order valence-electron chi connectivity index (χ3n) is 5.26. The van der Waals surface area contributed by atoms with Crippen molar-refractivity contribution in [2.75, 3.05) is 44.4 Å². The molecule has 9 heteroatoms. The molecular formula is C23H31N7O2. The Morgan fingerprint density at radius 2 is 1.78 bits per heavy atom. The minimum absolute atomic E-state index is 0.0601. The molecule has 2 amide bonds. The molecule has 0 atom stereocenters. The number of hydrogen-bond acceptors (Lipinski definition) is 6. The van der Waals surface area contributed by atoms with Crippen molar-refractivity contribution in [2.45, 2.75) is 26.7 Å². The lowest BCUT2D eigenvalue weighted by atomic mass is 10.2. The zero-order chi connectivity index (χ0) is 23.1. The van der Waals surface area contributed by atoms with Gasteiger partial charge in [0.25, 0.3) is 0 Å². The number of nitrogens with zero attached hydrogens (tertiary/aromatic N) is 5. The van der Waals surface area contributed by atoms with Crippen molar-refractivity contribution in [1.82, 2.24) is 24.3 Å². The van der Waals surface area contributed by atoms with E-state index in [1.54, 1.807) is 30.9 Å². The molecule has 3 rings (SSSR count). The lowest BCUT2D eigenvalue weighted by Crippen LogP contribution is -2.26. The number of aromatic nitrogens is 3. The van der Waals surface area contributed by atoms with Gasteiger partial charge in [-0.3, -0.25) is 9.36 Å². The number of benzene rings is 1. The molecule has 0 saturated heterocycles. The highest BCUT2D eigenvalue weighted by Crippen LogP contribution is 2.23. The highest BCUT2D eigenvalue weighted by molar-refractivity contribution is 5.93. The molecule has 2 aromatic heterocycles. The van der Waals surface area contributed by atoms with E-state index in [2.05, 4.69) is 39.3 Å². The van der Waals surface area contributed by atoms with E-state index in [-0.39, 0.29) is 11.9 Å². The van der Waals surface area contributed by atoms with E-state index in [4.69, 9.17) is 0 Å². The standard InChI is InChI=1S/C23H31N7O2/c1-5-29(6-2)12-7-8-22(31)27-21-15-20(24-16-25-21)26-18-9-10-19-17(14-18)11-13-30(19)23(32)28(3)4/h9-11,13-16H,5-8,12H2,1-4H3,(H2,24,25,26,27,31). The molecule has 0 aliphatic heterocycles. The van der Waals surface area contributed by atoms with E-state index in [1.807, 2.05) is 24.3 Å². The van der Waals surface area contributed by atoms with Crippen LogP contribution in [0.15, 0.2) is 42.9 Å². The number of nitrogens with one attached hydrogen (secondary N) is 2. The summed E-state index contributed by atoms with van der Waals surface area (Å²) in [5, 5.41) is 7.00. The molecule has 2 heterocycles. The maximum absolute atomic E-state index is 12.3. The third kappa shape index (κ3) is 5.82. The van der Waals surface area contributed by atoms with Crippen LogP contribution in [0.3, 0.4) is 0 Å². The Balaban J connectivity index is 1.62. The first kappa shape index (κ1) is 23.2. The highest BCUT2D eigenvalue weighted by Gasteiger charge is 2.11. The van der Waals surface area contributed by atoms with Gasteiger partial charge in [-0.2, -0.15) is 0 Å². The number of rotatable bonds is 9. The summed E-state index contributed by atoms with van der Waals surface area (Å²) in [6.45, 7) is 7.12. The van der Waals surface area contributed by atoms with Crippen molar-refractivity contribution in [3.05, 3.63) is 42.9 Å². The fourth-order valence-corrected chi connectivity index (χ4v) is 3.45. The van der Waals surface area contributed by atoms with Gasteiger partial charge >= 0.3 is 6.03 Å². The summed E-state index contributed by atoms with van der Waals surface area (Å²) in [7, 11) is 3.45. The van der Waals surface area contributed by atoms with E-state index < -0.39 is 0 Å². The van der Waals surface area contributed by atoms with E-state index >= 15 is 0 Å². The molecule has 0 radical (unpaired) electrons. The summed E-state index contributed by atoms with van der Waals surface area (Å²) in [4.78, 5) is 36.7. The lowest BCUT2D eigenvalue weighted by Gasteiger charge is -2.17. The quantitative estimate of drug-likeness (QED) is 0.529. The molecule has 2 N–H and O–H groups in total. The van der Waals surface area contributed by atoms with Crippen LogP contribution in [0.2, 0.25) is 0 Å². The predicted molar refractivity (Wildman–Crippen MR) is 127 cm³/mol. The summed E-state index contributed by atoms with van der Waals surface area (Å²) >= 11 is 0. The molecule has 0 aliphatic rings. The van der Waals surface area contributed by atoms with Crippen LogP contribution in [0.25, 0.3) is 10.9 Å². The summed E-state index contributed by atoms with van der Waals surface area (Å²) in [6.07, 6.45) is 4.43. The molecule has 1 aromatic carbocycles. The summed E-state index contributed by atoms with van der Waals surface area (Å²) < 4.78 is 1.61. The van der Waals surface area contributed by atoms with Gasteiger partial charge in [0.15, 0.2) is 0 Å². The Morgan fingerprint density at radius 3 is 2.50 bits per heavy atom. The Morgan fingerprint density at radius 1 is 1.03 bits per heavy atom. The molecule has 0 unspecified atom stereocenters. The van der Waals surface area contributed by atoms with E-state index in [0.717, 1.165) is 42.6 Å². The minimum Gasteiger partial charge on any atom is -0.340 e. The number of fused-ring (bicyclic) bond motifs is 1. The number of amides is 2. The van der Waals surface area contributed by atoms with E-state index in [0.29, 0.717) is 18.1 Å². The van der Waals surface area contributed by atoms with E-state index in [9.17, 15) is 9.59 Å². The third-order valence-corrected chi connectivity index (χ3v) is 5.26. The number of carbonyl (C=O) groups excluding carboxylic acids is 2. The second-order valence-electron chi connectivity index (χ2n) is 7.73. The number of hydrogen-bond donors (Lipinski definition) is 2. The van der Waals surface area contributed by atoms with E-state index in [1.165, 1.54) is 11.2 Å². The fraction of sp³-hybridized carbons (Fsp3) is 0.391. The minimum atomic E-state index is -0.103. The van der Waals surface area contributed by atoms with Crippen LogP contribution in [0, 0.1) is 0 Å². The van der Waals surface area contributed by atoms with Crippen LogP contribution in [0.4, 0.5) is 22.1 Å². The molecule has 32 heavy (non-hydrogen) atoms. The van der Waals surface area contributed by atoms with Crippen LogP contribution in [0.5, 0.6) is 0 Å². The van der Waals surface area contributed by atoms with Gasteiger partial charge < -0.3 is 20.4 Å². The average Bonchev–Trinajstić information content (AvgIpc) is 3.19. The van der Waals surface area contributed by atoms with Gasteiger partial charge in [-0.1, -0.05) is 13.8 Å². The van der Waals surface area contributed by atoms with Crippen molar-refractivity contribution in [2.24, 2.45) is 0 Å². The van der Waals surface area contributed by atoms with Crippen LogP contribution < -0.4 is 10.6 Å². The zero-order valence-corrected chi connectivity index (χ0v) is 19.1. The van der Waals surface area contributed by atoms with Crippen LogP contribution in [0.1, 0.15) is 26.7 Å². The van der Waals surface area contributed by atoms with Crippen molar-refractivity contribution < 1.29 is 9.59 Å². The monoisotopic (exact) mass is 437 g/mol. The summed E-state index contributed by atoms with van der Waals surface area (Å²) in [6, 6.07) is 9.21. The Kier molecular flexibility index (Phi) is 7.77. The second-order valence-corrected chi connectivity index (χ2v) is 7.73. The maximum Gasteiger partial charge on any atom is 0.328 e. The molecule has 170 valence electrons. The maximum atomic E-state index is 12.3. The van der Waals surface area contributed by atoms with Gasteiger partial charge in [0.1, 0.15) is 18.0 Å². The van der Waals surface area contributed by atoms with Gasteiger partial charge in [0, 0.05) is 43.9 Å². The number of carbonyl (C=O) groups is 2. The second kappa shape index (κ2) is 10.7. The summed E-state index contributed by atoms with van der Waals surface area (Å²) in [5.41, 5.74) is 1.65. The largest absolute Gasteiger partial charge is 0.340 e. The first-order chi connectivity index (χ1) is 15.4. The zero-order valence-electron chi connectivity index (χ0n) is 19.1. The molecule has 0 fully saturated rings. The topological polar surface area (TPSA) is 95.4 Å². The molecule has 9 nitrogen and oxygen atoms in total. The normalized spacial score (nSPS) is 11.0. The predicted octanol–water partition coefficient (Wildman–Crippen LogP) is 3.77. The highest BCUT2D eigenvalue weighted by atomic mass is 16.2. The lowest BCUT2D eigenvalue weighted by molar-refractivity contribution is -0.116. The molecule has 3 aromatic rings. The molecule has 0 bridgehead atoms. The van der Waals surface area contributed by atoms with Crippen LogP contribution in [-0.4, -0.2) is 70.0 Å². The van der Waals surface area contributed by atoms with Crippen molar-refractivity contribution in [1.29, 1.82) is 0 Å². The molecule has 0 aliphatic carbocycles. The summed E-state index contributed by atoms with van der Waals surface area (Å²) in [5.74, 6) is 0.968. The van der Waals surface area contributed by atoms with Gasteiger partial charge in [-0.15, -0.1) is 0 Å². The van der Waals surface area contributed by atoms with Gasteiger partial charge in [-0.05, 0) is 50.3 Å². The Hall–Kier alpha value is -3.46. The first-order valence-corrected chi connectivity index (χ1v) is 10.8.